The highest BCUT2D eigenvalue weighted by molar-refractivity contribution is 7.99. The molecule has 4 rings (SSSR count). The molecule has 4 aromatic rings. The predicted octanol–water partition coefficient (Wildman–Crippen LogP) is 3.08. The molecule has 0 spiro atoms. The molecule has 3 aromatic heterocycles. The van der Waals surface area contributed by atoms with E-state index in [1.54, 1.807) is 7.11 Å². The molecular weight excluding hydrogens is 358 g/mol. The Balaban J connectivity index is 1.43. The molecule has 0 unspecified atom stereocenters. The fourth-order valence-corrected chi connectivity index (χ4v) is 3.92. The minimum absolute atomic E-state index is 0.135. The van der Waals surface area contributed by atoms with Crippen LogP contribution in [0.3, 0.4) is 0 Å². The van der Waals surface area contributed by atoms with Crippen LogP contribution >= 0.6 is 23.1 Å². The summed E-state index contributed by atoms with van der Waals surface area (Å²) in [4.78, 5) is 16.6. The first-order valence-corrected chi connectivity index (χ1v) is 9.20. The van der Waals surface area contributed by atoms with Crippen molar-refractivity contribution < 1.29 is 9.53 Å². The number of pyridine rings is 1. The van der Waals surface area contributed by atoms with Crippen LogP contribution in [0.25, 0.3) is 15.9 Å². The van der Waals surface area contributed by atoms with Crippen molar-refractivity contribution >= 4 is 50.0 Å². The molecule has 9 heteroatoms. The Morgan fingerprint density at radius 1 is 1.32 bits per heavy atom. The summed E-state index contributed by atoms with van der Waals surface area (Å²) in [5.74, 6) is 0.863. The van der Waals surface area contributed by atoms with Gasteiger partial charge in [-0.15, -0.1) is 10.2 Å². The highest BCUT2D eigenvalue weighted by Crippen LogP contribution is 2.29. The van der Waals surface area contributed by atoms with E-state index in [4.69, 9.17) is 4.74 Å². The summed E-state index contributed by atoms with van der Waals surface area (Å²) in [6, 6.07) is 11.3. The minimum atomic E-state index is -0.135. The number of ether oxygens (including phenoxy) is 1. The molecule has 1 amide bonds. The first kappa shape index (κ1) is 15.9. The average molecular weight is 371 g/mol. The molecule has 1 N–H and O–H groups in total. The molecule has 3 heterocycles. The third kappa shape index (κ3) is 3.28. The van der Waals surface area contributed by atoms with Crippen molar-refractivity contribution in [1.29, 1.82) is 0 Å². The van der Waals surface area contributed by atoms with E-state index in [0.29, 0.717) is 10.3 Å². The number of rotatable bonds is 5. The Morgan fingerprint density at radius 3 is 3.12 bits per heavy atom. The minimum Gasteiger partial charge on any atom is -0.497 e. The van der Waals surface area contributed by atoms with Gasteiger partial charge >= 0.3 is 0 Å². The SMILES string of the molecule is COc1ccc2nc(NC(=O)CSc3nnc4ccccn34)sc2c1. The van der Waals surface area contributed by atoms with E-state index in [9.17, 15) is 4.79 Å². The van der Waals surface area contributed by atoms with Gasteiger partial charge in [-0.25, -0.2) is 4.98 Å². The monoisotopic (exact) mass is 371 g/mol. The second-order valence-electron chi connectivity index (χ2n) is 5.10. The first-order chi connectivity index (χ1) is 12.2. The number of thiazole rings is 1. The number of hydrogen-bond acceptors (Lipinski definition) is 7. The zero-order valence-corrected chi connectivity index (χ0v) is 14.8. The van der Waals surface area contributed by atoms with Gasteiger partial charge in [0.15, 0.2) is 15.9 Å². The topological polar surface area (TPSA) is 81.4 Å². The number of benzene rings is 1. The van der Waals surface area contributed by atoms with Crippen LogP contribution in [-0.4, -0.2) is 38.4 Å². The van der Waals surface area contributed by atoms with Gasteiger partial charge in [-0.2, -0.15) is 0 Å². The lowest BCUT2D eigenvalue weighted by atomic mass is 10.3. The maximum absolute atomic E-state index is 12.2. The molecule has 0 radical (unpaired) electrons. The molecule has 0 atom stereocenters. The number of anilines is 1. The number of carbonyl (C=O) groups is 1. The summed E-state index contributed by atoms with van der Waals surface area (Å²) in [7, 11) is 1.62. The number of methoxy groups -OCH3 is 1. The molecule has 1 aromatic carbocycles. The van der Waals surface area contributed by atoms with Crippen molar-refractivity contribution in [3.63, 3.8) is 0 Å². The van der Waals surface area contributed by atoms with Crippen molar-refractivity contribution in [1.82, 2.24) is 19.6 Å². The number of fused-ring (bicyclic) bond motifs is 2. The van der Waals surface area contributed by atoms with Crippen LogP contribution in [0.2, 0.25) is 0 Å². The maximum Gasteiger partial charge on any atom is 0.236 e. The van der Waals surface area contributed by atoms with Crippen molar-refractivity contribution in [2.45, 2.75) is 5.16 Å². The summed E-state index contributed by atoms with van der Waals surface area (Å²) in [5, 5.41) is 12.2. The second kappa shape index (κ2) is 6.69. The van der Waals surface area contributed by atoms with Crippen LogP contribution in [0.4, 0.5) is 5.13 Å². The molecule has 25 heavy (non-hydrogen) atoms. The van der Waals surface area contributed by atoms with Gasteiger partial charge in [0.25, 0.3) is 0 Å². The van der Waals surface area contributed by atoms with Gasteiger partial charge in [-0.1, -0.05) is 29.2 Å². The van der Waals surface area contributed by atoms with Crippen LogP contribution in [-0.2, 0) is 4.79 Å². The van der Waals surface area contributed by atoms with E-state index >= 15 is 0 Å². The molecule has 0 bridgehead atoms. The zero-order valence-electron chi connectivity index (χ0n) is 13.2. The highest BCUT2D eigenvalue weighted by Gasteiger charge is 2.11. The normalized spacial score (nSPS) is 11.1. The average Bonchev–Trinajstić information content (AvgIpc) is 3.22. The lowest BCUT2D eigenvalue weighted by Gasteiger charge is -2.00. The fraction of sp³-hybridized carbons (Fsp3) is 0.125. The number of amides is 1. The van der Waals surface area contributed by atoms with Crippen molar-refractivity contribution in [2.24, 2.45) is 0 Å². The van der Waals surface area contributed by atoms with E-state index in [0.717, 1.165) is 21.6 Å². The summed E-state index contributed by atoms with van der Waals surface area (Å²) >= 11 is 2.75. The van der Waals surface area contributed by atoms with E-state index in [2.05, 4.69) is 20.5 Å². The summed E-state index contributed by atoms with van der Waals surface area (Å²) in [6.45, 7) is 0. The molecule has 7 nitrogen and oxygen atoms in total. The Hall–Kier alpha value is -2.65. The first-order valence-electron chi connectivity index (χ1n) is 7.40. The van der Waals surface area contributed by atoms with Crippen LogP contribution in [0.1, 0.15) is 0 Å². The summed E-state index contributed by atoms with van der Waals surface area (Å²) < 4.78 is 8.01. The predicted molar refractivity (Wildman–Crippen MR) is 98.5 cm³/mol. The van der Waals surface area contributed by atoms with Crippen LogP contribution < -0.4 is 10.1 Å². The molecule has 0 saturated heterocycles. The summed E-state index contributed by atoms with van der Waals surface area (Å²) in [6.07, 6.45) is 1.87. The van der Waals surface area contributed by atoms with E-state index in [1.165, 1.54) is 23.1 Å². The van der Waals surface area contributed by atoms with E-state index in [1.807, 2.05) is 47.0 Å². The van der Waals surface area contributed by atoms with E-state index in [-0.39, 0.29) is 11.7 Å². The van der Waals surface area contributed by atoms with Crippen molar-refractivity contribution in [3.8, 4) is 5.75 Å². The maximum atomic E-state index is 12.2. The smallest absolute Gasteiger partial charge is 0.236 e. The third-order valence-corrected chi connectivity index (χ3v) is 5.33. The van der Waals surface area contributed by atoms with Gasteiger partial charge < -0.3 is 10.1 Å². The van der Waals surface area contributed by atoms with Gasteiger partial charge in [0, 0.05) is 6.20 Å². The van der Waals surface area contributed by atoms with Gasteiger partial charge in [0.05, 0.1) is 23.1 Å². The second-order valence-corrected chi connectivity index (χ2v) is 7.07. The molecule has 0 saturated carbocycles. The largest absolute Gasteiger partial charge is 0.497 e. The number of carbonyl (C=O) groups excluding carboxylic acids is 1. The number of hydrogen-bond donors (Lipinski definition) is 1. The van der Waals surface area contributed by atoms with Crippen molar-refractivity contribution in [2.75, 3.05) is 18.2 Å². The fourth-order valence-electron chi connectivity index (χ4n) is 2.29. The Kier molecular flexibility index (Phi) is 4.24. The molecule has 0 aliphatic rings. The Bertz CT molecular complexity index is 1060. The molecule has 0 aliphatic carbocycles. The third-order valence-electron chi connectivity index (χ3n) is 3.46. The van der Waals surface area contributed by atoms with Gasteiger partial charge in [-0.3, -0.25) is 9.20 Å². The van der Waals surface area contributed by atoms with Crippen LogP contribution in [0, 0.1) is 0 Å². The van der Waals surface area contributed by atoms with Crippen LogP contribution in [0.5, 0.6) is 5.75 Å². The molecule has 0 fully saturated rings. The number of aromatic nitrogens is 4. The Morgan fingerprint density at radius 2 is 2.24 bits per heavy atom. The molecular formula is C16H13N5O2S2. The zero-order chi connectivity index (χ0) is 17.2. The quantitative estimate of drug-likeness (QED) is 0.543. The highest BCUT2D eigenvalue weighted by atomic mass is 32.2. The summed E-state index contributed by atoms with van der Waals surface area (Å²) in [5.41, 5.74) is 1.59. The standard InChI is InChI=1S/C16H13N5O2S2/c1-23-10-5-6-11-12(8-10)25-15(17-11)18-14(22)9-24-16-20-19-13-4-2-3-7-21(13)16/h2-8H,9H2,1H3,(H,17,18,22). The number of nitrogens with zero attached hydrogens (tertiary/aromatic N) is 4. The Labute approximate surface area is 151 Å². The van der Waals surface area contributed by atoms with Gasteiger partial charge in [-0.05, 0) is 30.3 Å². The molecule has 126 valence electrons. The van der Waals surface area contributed by atoms with Gasteiger partial charge in [0.2, 0.25) is 5.91 Å². The van der Waals surface area contributed by atoms with Crippen LogP contribution in [0.15, 0.2) is 47.8 Å². The lowest BCUT2D eigenvalue weighted by molar-refractivity contribution is -0.113. The van der Waals surface area contributed by atoms with E-state index < -0.39 is 0 Å². The van der Waals surface area contributed by atoms with Crippen molar-refractivity contribution in [3.05, 3.63) is 42.6 Å². The van der Waals surface area contributed by atoms with Gasteiger partial charge in [0.1, 0.15) is 5.75 Å². The lowest BCUT2D eigenvalue weighted by Crippen LogP contribution is -2.14. The number of nitrogens with one attached hydrogen (secondary N) is 1. The number of thioether (sulfide) groups is 1. The molecule has 0 aliphatic heterocycles.